The predicted octanol–water partition coefficient (Wildman–Crippen LogP) is 0.505. The fraction of sp³-hybridized carbons (Fsp3) is 0.500. The lowest BCUT2D eigenvalue weighted by Gasteiger charge is -2.12. The number of carbonyl (C=O) groups excluding carboxylic acids is 1. The lowest BCUT2D eigenvalue weighted by molar-refractivity contribution is -0.123. The van der Waals surface area contributed by atoms with Crippen molar-refractivity contribution in [1.82, 2.24) is 15.1 Å². The minimum Gasteiger partial charge on any atom is -0.478 e. The number of rotatable bonds is 3. The summed E-state index contributed by atoms with van der Waals surface area (Å²) in [6, 6.07) is -0.517. The van der Waals surface area contributed by atoms with E-state index in [4.69, 9.17) is 5.11 Å². The molecule has 1 aromatic heterocycles. The maximum Gasteiger partial charge on any atom is 0.339 e. The first-order valence-electron chi connectivity index (χ1n) is 4.90. The third-order valence-corrected chi connectivity index (χ3v) is 2.53. The van der Waals surface area contributed by atoms with E-state index in [-0.39, 0.29) is 11.5 Å². The molecule has 2 N–H and O–H groups in total. The molecule has 0 bridgehead atoms. The van der Waals surface area contributed by atoms with Gasteiger partial charge in [-0.2, -0.15) is 5.10 Å². The number of hydrogen-bond acceptors (Lipinski definition) is 3. The van der Waals surface area contributed by atoms with Crippen molar-refractivity contribution in [3.8, 4) is 0 Å². The van der Waals surface area contributed by atoms with E-state index in [9.17, 15) is 9.59 Å². The Bertz CT molecular complexity index is 437. The minimum atomic E-state index is -1.02. The van der Waals surface area contributed by atoms with Crippen molar-refractivity contribution in [2.45, 2.75) is 26.8 Å². The van der Waals surface area contributed by atoms with Crippen molar-refractivity contribution in [2.24, 2.45) is 0 Å². The second kappa shape index (κ2) is 4.34. The number of carboxylic acid groups (broad SMARTS) is 1. The number of carbonyl (C=O) groups is 2. The highest BCUT2D eigenvalue weighted by Crippen LogP contribution is 2.17. The number of aryl methyl sites for hydroxylation is 1. The second-order valence-corrected chi connectivity index (χ2v) is 3.59. The van der Waals surface area contributed by atoms with Crippen molar-refractivity contribution >= 4 is 11.9 Å². The topological polar surface area (TPSA) is 84.2 Å². The van der Waals surface area contributed by atoms with Gasteiger partial charge in [0.2, 0.25) is 5.91 Å². The van der Waals surface area contributed by atoms with E-state index < -0.39 is 12.0 Å². The molecular weight excluding hydrogens is 210 g/mol. The number of aromatic nitrogens is 2. The summed E-state index contributed by atoms with van der Waals surface area (Å²) in [4.78, 5) is 22.4. The average Bonchev–Trinajstić information content (AvgIpc) is 2.51. The van der Waals surface area contributed by atoms with Gasteiger partial charge in [-0.15, -0.1) is 0 Å². The lowest BCUT2D eigenvalue weighted by Crippen LogP contribution is -2.29. The average molecular weight is 225 g/mol. The van der Waals surface area contributed by atoms with Gasteiger partial charge >= 0.3 is 5.97 Å². The summed E-state index contributed by atoms with van der Waals surface area (Å²) < 4.78 is 1.43. The second-order valence-electron chi connectivity index (χ2n) is 3.59. The molecule has 0 aliphatic rings. The Morgan fingerprint density at radius 3 is 2.38 bits per heavy atom. The van der Waals surface area contributed by atoms with Crippen LogP contribution < -0.4 is 5.32 Å². The standard InChI is InChI=1S/C10H15N3O3/c1-5-8(10(15)16)6(2)13(12-5)7(3)9(14)11-4/h7H,1-4H3,(H,11,14)(H,15,16). The Kier molecular flexibility index (Phi) is 3.31. The van der Waals surface area contributed by atoms with Crippen LogP contribution in [-0.2, 0) is 4.79 Å². The Labute approximate surface area is 93.3 Å². The third-order valence-electron chi connectivity index (χ3n) is 2.53. The van der Waals surface area contributed by atoms with Gasteiger partial charge in [0.25, 0.3) is 0 Å². The van der Waals surface area contributed by atoms with Crippen molar-refractivity contribution in [1.29, 1.82) is 0 Å². The molecule has 0 aliphatic carbocycles. The summed E-state index contributed by atoms with van der Waals surface area (Å²) in [6.45, 7) is 4.93. The van der Waals surface area contributed by atoms with Gasteiger partial charge in [0.05, 0.1) is 11.4 Å². The van der Waals surface area contributed by atoms with E-state index in [0.717, 1.165) is 0 Å². The monoisotopic (exact) mass is 225 g/mol. The molecule has 16 heavy (non-hydrogen) atoms. The zero-order valence-electron chi connectivity index (χ0n) is 9.74. The molecule has 1 rings (SSSR count). The normalized spacial score (nSPS) is 12.2. The van der Waals surface area contributed by atoms with Crippen LogP contribution in [0, 0.1) is 13.8 Å². The van der Waals surface area contributed by atoms with E-state index in [0.29, 0.717) is 11.4 Å². The number of carboxylic acids is 1. The molecule has 88 valence electrons. The van der Waals surface area contributed by atoms with Gasteiger partial charge in [-0.1, -0.05) is 0 Å². The van der Waals surface area contributed by atoms with Crippen molar-refractivity contribution in [3.63, 3.8) is 0 Å². The number of nitrogens with zero attached hydrogens (tertiary/aromatic N) is 2. The van der Waals surface area contributed by atoms with Crippen LogP contribution in [0.5, 0.6) is 0 Å². The molecule has 0 radical (unpaired) electrons. The zero-order chi connectivity index (χ0) is 12.5. The molecular formula is C10H15N3O3. The van der Waals surface area contributed by atoms with Crippen LogP contribution >= 0.6 is 0 Å². The van der Waals surface area contributed by atoms with Gasteiger partial charge in [-0.3, -0.25) is 9.48 Å². The maximum absolute atomic E-state index is 11.4. The van der Waals surface area contributed by atoms with Gasteiger partial charge in [-0.05, 0) is 20.8 Å². The van der Waals surface area contributed by atoms with Crippen molar-refractivity contribution < 1.29 is 14.7 Å². The molecule has 6 nitrogen and oxygen atoms in total. The van der Waals surface area contributed by atoms with E-state index >= 15 is 0 Å². The third kappa shape index (κ3) is 1.91. The minimum absolute atomic E-state index is 0.163. The van der Waals surface area contributed by atoms with Gasteiger partial charge in [0, 0.05) is 7.05 Å². The quantitative estimate of drug-likeness (QED) is 0.784. The van der Waals surface area contributed by atoms with Gasteiger partial charge in [0.15, 0.2) is 0 Å². The van der Waals surface area contributed by atoms with Crippen molar-refractivity contribution in [2.75, 3.05) is 7.05 Å². The van der Waals surface area contributed by atoms with Crippen LogP contribution in [0.2, 0.25) is 0 Å². The summed E-state index contributed by atoms with van der Waals surface area (Å²) in [6.07, 6.45) is 0. The first-order chi connectivity index (χ1) is 7.40. The Morgan fingerprint density at radius 1 is 1.44 bits per heavy atom. The maximum atomic E-state index is 11.4. The van der Waals surface area contributed by atoms with Gasteiger partial charge < -0.3 is 10.4 Å². The smallest absolute Gasteiger partial charge is 0.339 e. The Morgan fingerprint density at radius 2 is 2.00 bits per heavy atom. The highest BCUT2D eigenvalue weighted by molar-refractivity contribution is 5.90. The van der Waals surface area contributed by atoms with Crippen LogP contribution in [0.4, 0.5) is 0 Å². The fourth-order valence-corrected chi connectivity index (χ4v) is 1.67. The fourth-order valence-electron chi connectivity index (χ4n) is 1.67. The van der Waals surface area contributed by atoms with Crippen LogP contribution in [0.1, 0.15) is 34.7 Å². The molecule has 1 heterocycles. The number of hydrogen-bond donors (Lipinski definition) is 2. The SMILES string of the molecule is CNC(=O)C(C)n1nc(C)c(C(=O)O)c1C. The van der Waals surface area contributed by atoms with E-state index in [1.807, 2.05) is 0 Å². The molecule has 0 aliphatic heterocycles. The summed E-state index contributed by atoms with van der Waals surface area (Å²) in [5, 5.41) is 15.6. The number of aromatic carboxylic acids is 1. The Balaban J connectivity index is 3.22. The van der Waals surface area contributed by atoms with E-state index in [1.54, 1.807) is 20.8 Å². The van der Waals surface area contributed by atoms with Gasteiger partial charge in [-0.25, -0.2) is 4.79 Å². The number of amides is 1. The van der Waals surface area contributed by atoms with Gasteiger partial charge in [0.1, 0.15) is 11.6 Å². The highest BCUT2D eigenvalue weighted by atomic mass is 16.4. The molecule has 1 amide bonds. The molecule has 0 fully saturated rings. The van der Waals surface area contributed by atoms with Crippen LogP contribution in [-0.4, -0.2) is 33.8 Å². The first-order valence-corrected chi connectivity index (χ1v) is 4.90. The van der Waals surface area contributed by atoms with Crippen LogP contribution in [0.25, 0.3) is 0 Å². The highest BCUT2D eigenvalue weighted by Gasteiger charge is 2.23. The molecule has 1 aromatic rings. The molecule has 0 aromatic carbocycles. The molecule has 0 spiro atoms. The number of likely N-dealkylation sites (N-methyl/N-ethyl adjacent to an activating group) is 1. The summed E-state index contributed by atoms with van der Waals surface area (Å²) >= 11 is 0. The summed E-state index contributed by atoms with van der Waals surface area (Å²) in [5.74, 6) is -1.23. The van der Waals surface area contributed by atoms with E-state index in [1.165, 1.54) is 11.7 Å². The van der Waals surface area contributed by atoms with Crippen LogP contribution in [0.15, 0.2) is 0 Å². The Hall–Kier alpha value is -1.85. The summed E-state index contributed by atoms with van der Waals surface area (Å²) in [5.41, 5.74) is 1.07. The lowest BCUT2D eigenvalue weighted by atomic mass is 10.2. The van der Waals surface area contributed by atoms with E-state index in [2.05, 4.69) is 10.4 Å². The van der Waals surface area contributed by atoms with Crippen molar-refractivity contribution in [3.05, 3.63) is 17.0 Å². The largest absolute Gasteiger partial charge is 0.478 e. The van der Waals surface area contributed by atoms with Crippen LogP contribution in [0.3, 0.4) is 0 Å². The molecule has 1 atom stereocenters. The molecule has 0 saturated carbocycles. The molecule has 0 saturated heterocycles. The number of nitrogens with one attached hydrogen (secondary N) is 1. The summed E-state index contributed by atoms with van der Waals surface area (Å²) in [7, 11) is 1.53. The first kappa shape index (κ1) is 12.2. The zero-order valence-corrected chi connectivity index (χ0v) is 9.74. The predicted molar refractivity (Wildman–Crippen MR) is 57.4 cm³/mol. The molecule has 6 heteroatoms. The molecule has 1 unspecified atom stereocenters.